The van der Waals surface area contributed by atoms with Gasteiger partial charge in [-0.1, -0.05) is 122 Å². The molecule has 0 saturated carbocycles. The molecule has 3 amide bonds. The van der Waals surface area contributed by atoms with Crippen LogP contribution in [0, 0.1) is 0 Å². The highest BCUT2D eigenvalue weighted by Gasteiger charge is 2.32. The molecule has 0 fully saturated rings. The minimum Gasteiger partial charge on any atom is -0.496 e. The van der Waals surface area contributed by atoms with Crippen molar-refractivity contribution in [2.75, 3.05) is 27.4 Å². The van der Waals surface area contributed by atoms with Crippen LogP contribution in [-0.2, 0) is 32.0 Å². The predicted molar refractivity (Wildman–Crippen MR) is 211 cm³/mol. The molecule has 0 saturated heterocycles. The van der Waals surface area contributed by atoms with Gasteiger partial charge in [-0.15, -0.1) is 0 Å². The number of methoxy groups -OCH3 is 2. The molecule has 0 radical (unpaired) electrons. The number of rotatable bonds is 29. The Morgan fingerprint density at radius 1 is 0.741 bits per heavy atom. The Morgan fingerprint density at radius 2 is 1.37 bits per heavy atom. The standard InChI is InChI=1S/C43H69N3O8/c1-7-11-12-13-14-15-16-17-18-19-20-21-22-28-36(8-2)52-34-37(50-5)33-46(41(47)38-29-23-24-30-39(38)51-6)43(49)54-40(9-3)53-42(48)44-32-35-27-25-26-31-45(35)10-4/h23-27,29-31,36-37,40H,7-22,28,32-34H2,1-6H3/p+1. The van der Waals surface area contributed by atoms with Crippen molar-refractivity contribution in [1.82, 2.24) is 10.2 Å². The highest BCUT2D eigenvalue weighted by molar-refractivity contribution is 6.04. The van der Waals surface area contributed by atoms with Crippen LogP contribution < -0.4 is 14.6 Å². The summed E-state index contributed by atoms with van der Waals surface area (Å²) in [6, 6.07) is 12.4. The number of imide groups is 1. The summed E-state index contributed by atoms with van der Waals surface area (Å²) in [7, 11) is 2.98. The molecule has 0 spiro atoms. The van der Waals surface area contributed by atoms with Crippen molar-refractivity contribution in [3.8, 4) is 5.75 Å². The molecule has 1 heterocycles. The van der Waals surface area contributed by atoms with E-state index >= 15 is 0 Å². The molecule has 3 atom stereocenters. The zero-order valence-corrected chi connectivity index (χ0v) is 34.2. The van der Waals surface area contributed by atoms with Crippen molar-refractivity contribution < 1.29 is 42.6 Å². The number of nitrogens with zero attached hydrogens (tertiary/aromatic N) is 2. The molecule has 54 heavy (non-hydrogen) atoms. The summed E-state index contributed by atoms with van der Waals surface area (Å²) in [5, 5.41) is 2.71. The molecule has 1 aromatic carbocycles. The lowest BCUT2D eigenvalue weighted by atomic mass is 10.0. The fourth-order valence-electron chi connectivity index (χ4n) is 6.32. The first-order valence-corrected chi connectivity index (χ1v) is 20.5. The lowest BCUT2D eigenvalue weighted by molar-refractivity contribution is -0.701. The maximum absolute atomic E-state index is 13.9. The van der Waals surface area contributed by atoms with E-state index in [0.717, 1.165) is 36.4 Å². The van der Waals surface area contributed by atoms with E-state index in [-0.39, 0.29) is 37.8 Å². The van der Waals surface area contributed by atoms with Crippen LogP contribution >= 0.6 is 0 Å². The number of amides is 3. The highest BCUT2D eigenvalue weighted by atomic mass is 16.7. The molecule has 1 aromatic heterocycles. The average molecular weight is 757 g/mol. The number of hydrogen-bond acceptors (Lipinski definition) is 8. The molecule has 11 heteroatoms. The van der Waals surface area contributed by atoms with Crippen molar-refractivity contribution in [3.63, 3.8) is 0 Å². The Balaban J connectivity index is 1.93. The number of alkyl carbamates (subject to hydrolysis) is 1. The second-order valence-electron chi connectivity index (χ2n) is 13.8. The Bertz CT molecular complexity index is 1330. The number of carbonyl (C=O) groups is 3. The smallest absolute Gasteiger partial charge is 0.419 e. The molecule has 1 N–H and O–H groups in total. The number of hydrogen-bond donors (Lipinski definition) is 1. The molecule has 0 bridgehead atoms. The molecule has 2 rings (SSSR count). The Morgan fingerprint density at radius 3 is 1.96 bits per heavy atom. The number of nitrogens with one attached hydrogen (secondary N) is 1. The van der Waals surface area contributed by atoms with Crippen LogP contribution in [0.15, 0.2) is 48.7 Å². The number of para-hydroxylation sites is 1. The highest BCUT2D eigenvalue weighted by Crippen LogP contribution is 2.22. The normalized spacial score (nSPS) is 12.8. The van der Waals surface area contributed by atoms with E-state index in [1.165, 1.54) is 91.3 Å². The molecule has 2 aromatic rings. The van der Waals surface area contributed by atoms with E-state index in [1.807, 2.05) is 35.9 Å². The maximum Gasteiger partial charge on any atom is 0.419 e. The third-order valence-electron chi connectivity index (χ3n) is 9.72. The van der Waals surface area contributed by atoms with Gasteiger partial charge in [0.1, 0.15) is 18.8 Å². The zero-order valence-electron chi connectivity index (χ0n) is 34.2. The fraction of sp³-hybridized carbons (Fsp3) is 0.674. The second-order valence-corrected chi connectivity index (χ2v) is 13.8. The molecule has 0 aliphatic carbocycles. The summed E-state index contributed by atoms with van der Waals surface area (Å²) in [6.07, 6.45) is 17.3. The van der Waals surface area contributed by atoms with Crippen LogP contribution in [0.5, 0.6) is 5.75 Å². The Labute approximate surface area is 325 Å². The van der Waals surface area contributed by atoms with Crippen molar-refractivity contribution in [1.29, 1.82) is 0 Å². The SMILES string of the molecule is CCCCCCCCCCCCCCCC(CC)OCC(CN(C(=O)OC(CC)OC(=O)NCc1cccc[n+]1CC)C(=O)c1ccccc1OC)OC. The minimum atomic E-state index is -1.23. The van der Waals surface area contributed by atoms with E-state index in [1.54, 1.807) is 31.2 Å². The van der Waals surface area contributed by atoms with E-state index < -0.39 is 30.5 Å². The number of aromatic nitrogens is 1. The van der Waals surface area contributed by atoms with Gasteiger partial charge in [0.2, 0.25) is 5.69 Å². The van der Waals surface area contributed by atoms with Gasteiger partial charge in [-0.05, 0) is 31.9 Å². The Kier molecular flexibility index (Phi) is 24.7. The summed E-state index contributed by atoms with van der Waals surface area (Å²) < 4.78 is 30.5. The second kappa shape index (κ2) is 28.7. The first-order valence-electron chi connectivity index (χ1n) is 20.5. The first-order chi connectivity index (χ1) is 26.3. The number of carbonyl (C=O) groups excluding carboxylic acids is 3. The lowest BCUT2D eigenvalue weighted by Crippen LogP contribution is -2.46. The maximum atomic E-state index is 13.9. The van der Waals surface area contributed by atoms with Gasteiger partial charge < -0.3 is 29.0 Å². The van der Waals surface area contributed by atoms with Crippen LogP contribution in [-0.4, -0.2) is 68.9 Å². The van der Waals surface area contributed by atoms with Gasteiger partial charge in [-0.25, -0.2) is 19.1 Å². The summed E-state index contributed by atoms with van der Waals surface area (Å²) in [5.41, 5.74) is 1.07. The van der Waals surface area contributed by atoms with Gasteiger partial charge in [0.25, 0.3) is 12.2 Å². The van der Waals surface area contributed by atoms with Gasteiger partial charge in [0.05, 0.1) is 38.0 Å². The molecule has 3 unspecified atom stereocenters. The van der Waals surface area contributed by atoms with E-state index in [2.05, 4.69) is 19.2 Å². The van der Waals surface area contributed by atoms with Crippen LogP contribution in [0.4, 0.5) is 9.59 Å². The third-order valence-corrected chi connectivity index (χ3v) is 9.72. The first kappa shape index (κ1) is 46.5. The largest absolute Gasteiger partial charge is 0.496 e. The van der Waals surface area contributed by atoms with Crippen LogP contribution in [0.25, 0.3) is 0 Å². The monoisotopic (exact) mass is 757 g/mol. The number of aryl methyl sites for hydroxylation is 1. The summed E-state index contributed by atoms with van der Waals surface area (Å²) in [4.78, 5) is 41.3. The number of pyridine rings is 1. The lowest BCUT2D eigenvalue weighted by Gasteiger charge is -2.28. The molecule has 0 aliphatic rings. The van der Waals surface area contributed by atoms with Gasteiger partial charge in [-0.3, -0.25) is 4.79 Å². The molecule has 11 nitrogen and oxygen atoms in total. The van der Waals surface area contributed by atoms with Gasteiger partial charge >= 0.3 is 12.2 Å². The van der Waals surface area contributed by atoms with E-state index in [0.29, 0.717) is 5.75 Å². The molecular weight excluding hydrogens is 686 g/mol. The van der Waals surface area contributed by atoms with Gasteiger partial charge in [0.15, 0.2) is 6.20 Å². The predicted octanol–water partition coefficient (Wildman–Crippen LogP) is 9.54. The van der Waals surface area contributed by atoms with Crippen molar-refractivity contribution in [2.45, 2.75) is 162 Å². The zero-order chi connectivity index (χ0) is 39.4. The van der Waals surface area contributed by atoms with Crippen LogP contribution in [0.2, 0.25) is 0 Å². The third kappa shape index (κ3) is 18.1. The Hall–Kier alpha value is -3.70. The summed E-state index contributed by atoms with van der Waals surface area (Å²) in [5.74, 6) is -0.326. The van der Waals surface area contributed by atoms with Crippen molar-refractivity contribution >= 4 is 18.1 Å². The van der Waals surface area contributed by atoms with E-state index in [9.17, 15) is 14.4 Å². The average Bonchev–Trinajstić information content (AvgIpc) is 3.20. The topological polar surface area (TPSA) is 117 Å². The molecule has 0 aliphatic heterocycles. The molecule has 304 valence electrons. The van der Waals surface area contributed by atoms with E-state index in [4.69, 9.17) is 23.7 Å². The van der Waals surface area contributed by atoms with Crippen LogP contribution in [0.1, 0.15) is 146 Å². The van der Waals surface area contributed by atoms with Gasteiger partial charge in [-0.2, -0.15) is 0 Å². The summed E-state index contributed by atoms with van der Waals surface area (Å²) >= 11 is 0. The number of unbranched alkanes of at least 4 members (excludes halogenated alkanes) is 12. The quantitative estimate of drug-likeness (QED) is 0.0496. The van der Waals surface area contributed by atoms with Crippen molar-refractivity contribution in [2.24, 2.45) is 0 Å². The fourth-order valence-corrected chi connectivity index (χ4v) is 6.32. The van der Waals surface area contributed by atoms with Crippen LogP contribution in [0.3, 0.4) is 0 Å². The number of ether oxygens (including phenoxy) is 5. The van der Waals surface area contributed by atoms with Gasteiger partial charge in [0, 0.05) is 25.7 Å². The minimum absolute atomic E-state index is 0.0414. The summed E-state index contributed by atoms with van der Waals surface area (Å²) in [6.45, 7) is 9.10. The van der Waals surface area contributed by atoms with Crippen molar-refractivity contribution in [3.05, 3.63) is 59.9 Å². The molecular formula is C43H70N3O8+. The number of benzene rings is 1.